The summed E-state index contributed by atoms with van der Waals surface area (Å²) in [7, 11) is 1.88. The van der Waals surface area contributed by atoms with E-state index in [0.29, 0.717) is 17.5 Å². The third-order valence-corrected chi connectivity index (χ3v) is 2.89. The third-order valence-electron chi connectivity index (χ3n) is 2.64. The second kappa shape index (κ2) is 6.58. The van der Waals surface area contributed by atoms with Crippen LogP contribution in [-0.2, 0) is 6.54 Å². The van der Waals surface area contributed by atoms with Crippen molar-refractivity contribution >= 4 is 23.5 Å². The summed E-state index contributed by atoms with van der Waals surface area (Å²) in [4.78, 5) is 14.2. The van der Waals surface area contributed by atoms with Crippen LogP contribution in [0.3, 0.4) is 0 Å². The molecule has 1 heterocycles. The predicted molar refractivity (Wildman–Crippen MR) is 83.6 cm³/mol. The molecule has 0 radical (unpaired) electrons. The van der Waals surface area contributed by atoms with Crippen molar-refractivity contribution in [2.75, 3.05) is 17.7 Å². The summed E-state index contributed by atoms with van der Waals surface area (Å²) < 4.78 is 5.47. The van der Waals surface area contributed by atoms with Gasteiger partial charge >= 0.3 is 6.01 Å². The van der Waals surface area contributed by atoms with Crippen LogP contribution < -0.4 is 15.4 Å². The zero-order chi connectivity index (χ0) is 15.4. The Labute approximate surface area is 128 Å². The summed E-state index contributed by atoms with van der Waals surface area (Å²) in [6.45, 7) is 4.43. The summed E-state index contributed by atoms with van der Waals surface area (Å²) in [5.74, 6) is 0.603. The Morgan fingerprint density at radius 2 is 1.86 bits per heavy atom. The molecule has 0 amide bonds. The minimum atomic E-state index is -0.0266. The Morgan fingerprint density at radius 1 is 1.19 bits per heavy atom. The topological polar surface area (TPSA) is 77.2 Å². The highest BCUT2D eigenvalue weighted by molar-refractivity contribution is 6.30. The molecule has 0 aliphatic rings. The molecule has 7 heteroatoms. The van der Waals surface area contributed by atoms with Crippen molar-refractivity contribution < 1.29 is 4.74 Å². The minimum absolute atomic E-state index is 0.0266. The lowest BCUT2D eigenvalue weighted by Crippen LogP contribution is -2.21. The first-order chi connectivity index (χ1) is 9.94. The van der Waals surface area contributed by atoms with Crippen LogP contribution in [0.25, 0.3) is 0 Å². The molecule has 2 N–H and O–H groups in total. The number of ether oxygens (including phenoxy) is 1. The first kappa shape index (κ1) is 15.3. The molecular weight excluding hydrogens is 290 g/mol. The van der Waals surface area contributed by atoms with Crippen LogP contribution in [0.5, 0.6) is 6.01 Å². The molecule has 112 valence electrons. The van der Waals surface area contributed by atoms with Crippen molar-refractivity contribution in [2.24, 2.45) is 0 Å². The van der Waals surface area contributed by atoms with Gasteiger partial charge in [-0.15, -0.1) is 0 Å². The quantitative estimate of drug-likeness (QED) is 0.914. The first-order valence-electron chi connectivity index (χ1n) is 6.58. The fourth-order valence-electron chi connectivity index (χ4n) is 1.73. The summed E-state index contributed by atoms with van der Waals surface area (Å²) in [5.41, 5.74) is 6.79. The van der Waals surface area contributed by atoms with E-state index in [0.717, 1.165) is 5.56 Å². The monoisotopic (exact) mass is 307 g/mol. The van der Waals surface area contributed by atoms with Gasteiger partial charge in [0.15, 0.2) is 0 Å². The molecule has 1 aromatic heterocycles. The number of hydrogen-bond acceptors (Lipinski definition) is 6. The molecule has 0 bridgehead atoms. The van der Waals surface area contributed by atoms with Crippen molar-refractivity contribution in [3.63, 3.8) is 0 Å². The Morgan fingerprint density at radius 3 is 2.48 bits per heavy atom. The van der Waals surface area contributed by atoms with E-state index in [1.165, 1.54) is 0 Å². The molecule has 21 heavy (non-hydrogen) atoms. The Balaban J connectivity index is 2.16. The van der Waals surface area contributed by atoms with Gasteiger partial charge in [0.2, 0.25) is 11.9 Å². The SMILES string of the molecule is CC(C)Oc1nc(N)nc(N(C)Cc2ccc(Cl)cc2)n1. The van der Waals surface area contributed by atoms with Crippen molar-refractivity contribution in [3.8, 4) is 6.01 Å². The van der Waals surface area contributed by atoms with E-state index in [1.807, 2.05) is 50.1 Å². The molecule has 0 atom stereocenters. The van der Waals surface area contributed by atoms with Gasteiger partial charge in [-0.05, 0) is 31.5 Å². The van der Waals surface area contributed by atoms with E-state index in [1.54, 1.807) is 0 Å². The lowest BCUT2D eigenvalue weighted by molar-refractivity contribution is 0.222. The van der Waals surface area contributed by atoms with Gasteiger partial charge in [0.1, 0.15) is 0 Å². The average Bonchev–Trinajstić information content (AvgIpc) is 2.40. The van der Waals surface area contributed by atoms with Gasteiger partial charge in [0.05, 0.1) is 6.10 Å². The molecule has 0 aliphatic heterocycles. The summed E-state index contributed by atoms with van der Waals surface area (Å²) >= 11 is 5.88. The van der Waals surface area contributed by atoms with Gasteiger partial charge in [-0.3, -0.25) is 0 Å². The first-order valence-corrected chi connectivity index (χ1v) is 6.95. The molecule has 0 saturated heterocycles. The maximum Gasteiger partial charge on any atom is 0.323 e. The average molecular weight is 308 g/mol. The molecule has 0 aliphatic carbocycles. The number of aromatic nitrogens is 3. The van der Waals surface area contributed by atoms with Crippen LogP contribution in [0.4, 0.5) is 11.9 Å². The van der Waals surface area contributed by atoms with Crippen molar-refractivity contribution in [1.82, 2.24) is 15.0 Å². The molecule has 0 spiro atoms. The Bertz CT molecular complexity index is 603. The number of nitrogen functional groups attached to an aromatic ring is 1. The Hall–Kier alpha value is -2.08. The smallest absolute Gasteiger partial charge is 0.323 e. The number of halogens is 1. The molecular formula is C14H18ClN5O. The van der Waals surface area contributed by atoms with E-state index >= 15 is 0 Å². The van der Waals surface area contributed by atoms with Gasteiger partial charge in [0, 0.05) is 18.6 Å². The van der Waals surface area contributed by atoms with Gasteiger partial charge in [-0.25, -0.2) is 0 Å². The molecule has 0 fully saturated rings. The summed E-state index contributed by atoms with van der Waals surface area (Å²) in [6.07, 6.45) is -0.0266. The third kappa shape index (κ3) is 4.46. The number of hydrogen-bond donors (Lipinski definition) is 1. The second-order valence-corrected chi connectivity index (χ2v) is 5.36. The highest BCUT2D eigenvalue weighted by Crippen LogP contribution is 2.16. The number of rotatable bonds is 5. The number of benzene rings is 1. The van der Waals surface area contributed by atoms with Crippen molar-refractivity contribution in [3.05, 3.63) is 34.9 Å². The maximum absolute atomic E-state index is 5.88. The number of nitrogens with two attached hydrogens (primary N) is 1. The fourth-order valence-corrected chi connectivity index (χ4v) is 1.86. The zero-order valence-electron chi connectivity index (χ0n) is 12.2. The fraction of sp³-hybridized carbons (Fsp3) is 0.357. The van der Waals surface area contributed by atoms with Crippen LogP contribution >= 0.6 is 11.6 Å². The lowest BCUT2D eigenvalue weighted by Gasteiger charge is -2.18. The van der Waals surface area contributed by atoms with E-state index in [2.05, 4.69) is 15.0 Å². The summed E-state index contributed by atoms with van der Waals surface area (Å²) in [5, 5.41) is 0.707. The van der Waals surface area contributed by atoms with Crippen LogP contribution in [-0.4, -0.2) is 28.1 Å². The molecule has 0 saturated carbocycles. The van der Waals surface area contributed by atoms with Gasteiger partial charge in [-0.1, -0.05) is 23.7 Å². The van der Waals surface area contributed by atoms with Gasteiger partial charge in [-0.2, -0.15) is 15.0 Å². The zero-order valence-corrected chi connectivity index (χ0v) is 13.0. The van der Waals surface area contributed by atoms with Gasteiger partial charge < -0.3 is 15.4 Å². The van der Waals surface area contributed by atoms with Gasteiger partial charge in [0.25, 0.3) is 0 Å². The standard InChI is InChI=1S/C14H18ClN5O/c1-9(2)21-14-18-12(16)17-13(19-14)20(3)8-10-4-6-11(15)7-5-10/h4-7,9H,8H2,1-3H3,(H2,16,17,18,19). The molecule has 0 unspecified atom stereocenters. The second-order valence-electron chi connectivity index (χ2n) is 4.93. The van der Waals surface area contributed by atoms with E-state index < -0.39 is 0 Å². The van der Waals surface area contributed by atoms with E-state index in [9.17, 15) is 0 Å². The van der Waals surface area contributed by atoms with Crippen LogP contribution in [0.15, 0.2) is 24.3 Å². The highest BCUT2D eigenvalue weighted by atomic mass is 35.5. The molecule has 6 nitrogen and oxygen atoms in total. The molecule has 2 rings (SSSR count). The van der Waals surface area contributed by atoms with Crippen molar-refractivity contribution in [1.29, 1.82) is 0 Å². The normalized spacial score (nSPS) is 10.7. The maximum atomic E-state index is 5.88. The largest absolute Gasteiger partial charge is 0.461 e. The summed E-state index contributed by atoms with van der Waals surface area (Å²) in [6, 6.07) is 7.83. The van der Waals surface area contributed by atoms with Crippen LogP contribution in [0.2, 0.25) is 5.02 Å². The van der Waals surface area contributed by atoms with E-state index in [4.69, 9.17) is 22.1 Å². The van der Waals surface area contributed by atoms with E-state index in [-0.39, 0.29) is 18.1 Å². The lowest BCUT2D eigenvalue weighted by atomic mass is 10.2. The highest BCUT2D eigenvalue weighted by Gasteiger charge is 2.11. The van der Waals surface area contributed by atoms with Crippen molar-refractivity contribution in [2.45, 2.75) is 26.5 Å². The molecule has 1 aromatic carbocycles. The number of nitrogens with zero attached hydrogens (tertiary/aromatic N) is 4. The predicted octanol–water partition coefficient (Wildman–Crippen LogP) is 2.53. The van der Waals surface area contributed by atoms with Crippen LogP contribution in [0.1, 0.15) is 19.4 Å². The Kier molecular flexibility index (Phi) is 4.80. The van der Waals surface area contributed by atoms with Crippen LogP contribution in [0, 0.1) is 0 Å². The number of anilines is 2. The minimum Gasteiger partial charge on any atom is -0.461 e. The molecule has 2 aromatic rings.